The highest BCUT2D eigenvalue weighted by Crippen LogP contribution is 2.41. The number of aromatic nitrogens is 3. The molecule has 0 radical (unpaired) electrons. The maximum atomic E-state index is 13.6. The number of aliphatic hydroxyl groups is 1. The van der Waals surface area contributed by atoms with E-state index in [0.717, 1.165) is 45.4 Å². The average molecular weight is 453 g/mol. The summed E-state index contributed by atoms with van der Waals surface area (Å²) in [4.78, 5) is 21.2. The highest BCUT2D eigenvalue weighted by molar-refractivity contribution is 7.16. The Labute approximate surface area is 181 Å². The molecule has 0 aliphatic heterocycles. The fourth-order valence-electron chi connectivity index (χ4n) is 3.30. The Morgan fingerprint density at radius 1 is 1.26 bits per heavy atom. The van der Waals surface area contributed by atoms with E-state index in [0.29, 0.717) is 5.69 Å². The number of hydrogen-bond donors (Lipinski definition) is 2. The molecular formula is C21H23F3N4O2S. The third-order valence-corrected chi connectivity index (χ3v) is 5.77. The summed E-state index contributed by atoms with van der Waals surface area (Å²) in [5, 5.41) is 12.9. The van der Waals surface area contributed by atoms with Crippen molar-refractivity contribution in [1.82, 2.24) is 14.5 Å². The quantitative estimate of drug-likeness (QED) is 0.550. The molecule has 3 aromatic rings. The molecule has 2 heterocycles. The Kier molecular flexibility index (Phi) is 6.51. The van der Waals surface area contributed by atoms with Crippen molar-refractivity contribution in [3.63, 3.8) is 0 Å². The number of imidazole rings is 1. The maximum Gasteiger partial charge on any atom is 0.425 e. The molecule has 0 saturated carbocycles. The van der Waals surface area contributed by atoms with Gasteiger partial charge >= 0.3 is 6.18 Å². The van der Waals surface area contributed by atoms with Gasteiger partial charge in [-0.15, -0.1) is 11.3 Å². The van der Waals surface area contributed by atoms with Crippen LogP contribution in [0.25, 0.3) is 11.3 Å². The van der Waals surface area contributed by atoms with Gasteiger partial charge in [-0.2, -0.15) is 13.2 Å². The molecular weight excluding hydrogens is 429 g/mol. The second-order valence-electron chi connectivity index (χ2n) is 7.32. The van der Waals surface area contributed by atoms with Gasteiger partial charge in [-0.05, 0) is 18.9 Å². The highest BCUT2D eigenvalue weighted by atomic mass is 32.1. The molecule has 1 atom stereocenters. The van der Waals surface area contributed by atoms with Gasteiger partial charge in [0.05, 0.1) is 12.1 Å². The van der Waals surface area contributed by atoms with E-state index < -0.39 is 29.9 Å². The van der Waals surface area contributed by atoms with Crippen LogP contribution in [0.5, 0.6) is 0 Å². The van der Waals surface area contributed by atoms with Crippen molar-refractivity contribution in [2.24, 2.45) is 7.05 Å². The Bertz CT molecular complexity index is 1060. The minimum atomic E-state index is -5.09. The van der Waals surface area contributed by atoms with Gasteiger partial charge in [0, 0.05) is 29.9 Å². The van der Waals surface area contributed by atoms with Gasteiger partial charge in [-0.3, -0.25) is 4.79 Å². The van der Waals surface area contributed by atoms with Crippen LogP contribution in [0.2, 0.25) is 0 Å². The van der Waals surface area contributed by atoms with Gasteiger partial charge in [0.1, 0.15) is 0 Å². The number of alkyl halides is 3. The number of anilines is 1. The summed E-state index contributed by atoms with van der Waals surface area (Å²) < 4.78 is 41.9. The average Bonchev–Trinajstić information content (AvgIpc) is 3.27. The van der Waals surface area contributed by atoms with Crippen molar-refractivity contribution in [3.05, 3.63) is 52.9 Å². The Morgan fingerprint density at radius 3 is 2.48 bits per heavy atom. The molecule has 31 heavy (non-hydrogen) atoms. The smallest absolute Gasteiger partial charge is 0.374 e. The lowest BCUT2D eigenvalue weighted by Gasteiger charge is -2.29. The molecule has 1 unspecified atom stereocenters. The van der Waals surface area contributed by atoms with Crippen LogP contribution in [0.3, 0.4) is 0 Å². The summed E-state index contributed by atoms with van der Waals surface area (Å²) in [5.41, 5.74) is -0.708. The van der Waals surface area contributed by atoms with E-state index in [2.05, 4.69) is 22.2 Å². The van der Waals surface area contributed by atoms with Gasteiger partial charge in [0.15, 0.2) is 11.0 Å². The fraction of sp³-hybridized carbons (Fsp3) is 0.381. The summed E-state index contributed by atoms with van der Waals surface area (Å²) in [6, 6.07) is 7.88. The Morgan fingerprint density at radius 2 is 1.94 bits per heavy atom. The topological polar surface area (TPSA) is 80.0 Å². The number of amides is 1. The second kappa shape index (κ2) is 8.80. The normalized spacial score (nSPS) is 13.8. The maximum absolute atomic E-state index is 13.6. The first-order valence-corrected chi connectivity index (χ1v) is 10.5. The first kappa shape index (κ1) is 23.0. The molecule has 2 aromatic heterocycles. The number of hydrogen-bond acceptors (Lipinski definition) is 5. The van der Waals surface area contributed by atoms with Crippen molar-refractivity contribution in [3.8, 4) is 11.3 Å². The predicted octanol–water partition coefficient (Wildman–Crippen LogP) is 4.58. The van der Waals surface area contributed by atoms with E-state index in [4.69, 9.17) is 0 Å². The first-order chi connectivity index (χ1) is 14.5. The number of rotatable bonds is 7. The van der Waals surface area contributed by atoms with Crippen molar-refractivity contribution in [1.29, 1.82) is 0 Å². The van der Waals surface area contributed by atoms with E-state index in [1.165, 1.54) is 18.8 Å². The number of thiazole rings is 1. The molecule has 0 bridgehead atoms. The zero-order valence-corrected chi connectivity index (χ0v) is 18.1. The Balaban J connectivity index is 1.79. The van der Waals surface area contributed by atoms with Crippen LogP contribution in [-0.4, -0.2) is 31.7 Å². The Hall–Kier alpha value is -2.72. The second-order valence-corrected chi connectivity index (χ2v) is 8.52. The van der Waals surface area contributed by atoms with Crippen molar-refractivity contribution >= 4 is 22.4 Å². The van der Waals surface area contributed by atoms with Crippen molar-refractivity contribution in [2.45, 2.75) is 44.9 Å². The SMILES string of the molecule is CCCc1ccc(-c2nc(NC(=O)CC(O)(c3nccn3C)C(F)(F)F)sc2C)cc1. The van der Waals surface area contributed by atoms with Gasteiger partial charge in [0.25, 0.3) is 0 Å². The fourth-order valence-corrected chi connectivity index (χ4v) is 4.15. The zero-order valence-electron chi connectivity index (χ0n) is 17.3. The molecule has 0 aliphatic rings. The number of nitrogens with one attached hydrogen (secondary N) is 1. The summed E-state index contributed by atoms with van der Waals surface area (Å²) in [7, 11) is 1.32. The molecule has 6 nitrogen and oxygen atoms in total. The third kappa shape index (κ3) is 4.80. The monoisotopic (exact) mass is 452 g/mol. The molecule has 166 valence electrons. The molecule has 1 amide bonds. The minimum Gasteiger partial charge on any atom is -0.374 e. The number of benzene rings is 1. The number of aryl methyl sites for hydroxylation is 3. The zero-order chi connectivity index (χ0) is 22.8. The number of carbonyl (C=O) groups excluding carboxylic acids is 1. The molecule has 0 fully saturated rings. The van der Waals surface area contributed by atoms with Crippen molar-refractivity contribution in [2.75, 3.05) is 5.32 Å². The molecule has 0 spiro atoms. The van der Waals surface area contributed by atoms with Gasteiger partial charge < -0.3 is 15.0 Å². The summed E-state index contributed by atoms with van der Waals surface area (Å²) in [6.07, 6.45) is -1.92. The molecule has 1 aromatic carbocycles. The van der Waals surface area contributed by atoms with Gasteiger partial charge in [-0.25, -0.2) is 9.97 Å². The molecule has 0 saturated heterocycles. The summed E-state index contributed by atoms with van der Waals surface area (Å²) in [5.74, 6) is -1.67. The summed E-state index contributed by atoms with van der Waals surface area (Å²) >= 11 is 1.16. The van der Waals surface area contributed by atoms with Crippen molar-refractivity contribution < 1.29 is 23.1 Å². The van der Waals surface area contributed by atoms with Crippen LogP contribution < -0.4 is 5.32 Å². The van der Waals surface area contributed by atoms with Crippen LogP contribution in [-0.2, 0) is 23.9 Å². The van der Waals surface area contributed by atoms with E-state index in [1.54, 1.807) is 0 Å². The van der Waals surface area contributed by atoms with Crippen LogP contribution in [0.15, 0.2) is 36.7 Å². The minimum absolute atomic E-state index is 0.166. The molecule has 0 aliphatic carbocycles. The van der Waals surface area contributed by atoms with E-state index in [9.17, 15) is 23.1 Å². The first-order valence-electron chi connectivity index (χ1n) is 9.68. The molecule has 3 rings (SSSR count). The van der Waals surface area contributed by atoms with Gasteiger partial charge in [0.2, 0.25) is 11.5 Å². The highest BCUT2D eigenvalue weighted by Gasteiger charge is 2.58. The van der Waals surface area contributed by atoms with E-state index in [1.807, 2.05) is 31.2 Å². The van der Waals surface area contributed by atoms with Gasteiger partial charge in [-0.1, -0.05) is 37.6 Å². The predicted molar refractivity (Wildman–Crippen MR) is 113 cm³/mol. The lowest BCUT2D eigenvalue weighted by Crippen LogP contribution is -2.46. The van der Waals surface area contributed by atoms with Crippen LogP contribution >= 0.6 is 11.3 Å². The largest absolute Gasteiger partial charge is 0.425 e. The number of carbonyl (C=O) groups is 1. The van der Waals surface area contributed by atoms with E-state index >= 15 is 0 Å². The summed E-state index contributed by atoms with van der Waals surface area (Å²) in [6.45, 7) is 3.92. The van der Waals surface area contributed by atoms with Crippen LogP contribution in [0.1, 0.15) is 36.0 Å². The number of halogens is 3. The number of nitrogens with zero attached hydrogens (tertiary/aromatic N) is 3. The van der Waals surface area contributed by atoms with Crippen LogP contribution in [0, 0.1) is 6.92 Å². The third-order valence-electron chi connectivity index (χ3n) is 4.89. The standard InChI is InChI=1S/C21H23F3N4O2S/c1-4-5-14-6-8-15(9-7-14)17-13(2)31-19(27-17)26-16(29)12-20(30,21(22,23)24)18-25-10-11-28(18)3/h6-11,30H,4-5,12H2,1-3H3,(H,26,27,29). The lowest BCUT2D eigenvalue weighted by molar-refractivity contribution is -0.270. The lowest BCUT2D eigenvalue weighted by atomic mass is 9.97. The molecule has 2 N–H and O–H groups in total. The van der Waals surface area contributed by atoms with E-state index in [-0.39, 0.29) is 5.13 Å². The molecule has 10 heteroatoms. The van der Waals surface area contributed by atoms with Crippen LogP contribution in [0.4, 0.5) is 18.3 Å².